The van der Waals surface area contributed by atoms with Crippen molar-refractivity contribution in [1.82, 2.24) is 9.62 Å². The number of fused-ring (bicyclic) bond motifs is 2. The molecule has 2 atom stereocenters. The van der Waals surface area contributed by atoms with Crippen LogP contribution in [-0.4, -0.2) is 56.6 Å². The van der Waals surface area contributed by atoms with Gasteiger partial charge in [-0.1, -0.05) is 48.5 Å². The Morgan fingerprint density at radius 3 is 2.57 bits per heavy atom. The molecule has 0 bridgehead atoms. The molecular formula is C21H22F2N2O4S. The van der Waals surface area contributed by atoms with Crippen LogP contribution in [0, 0.1) is 0 Å². The van der Waals surface area contributed by atoms with Crippen LogP contribution in [0.2, 0.25) is 0 Å². The van der Waals surface area contributed by atoms with Crippen LogP contribution in [0.3, 0.4) is 0 Å². The summed E-state index contributed by atoms with van der Waals surface area (Å²) in [6.07, 6.45) is 1.49. The van der Waals surface area contributed by atoms with Gasteiger partial charge in [0.15, 0.2) is 6.61 Å². The van der Waals surface area contributed by atoms with Crippen molar-refractivity contribution in [2.75, 3.05) is 19.4 Å². The van der Waals surface area contributed by atoms with Gasteiger partial charge < -0.3 is 9.64 Å². The molecule has 0 spiro atoms. The lowest BCUT2D eigenvalue weighted by Gasteiger charge is -2.29. The van der Waals surface area contributed by atoms with Crippen LogP contribution in [0.1, 0.15) is 12.0 Å². The molecule has 2 aliphatic rings. The first-order chi connectivity index (χ1) is 14.2. The van der Waals surface area contributed by atoms with E-state index >= 15 is 0 Å². The molecule has 2 aliphatic heterocycles. The van der Waals surface area contributed by atoms with Gasteiger partial charge in [-0.15, -0.1) is 0 Å². The molecule has 1 amide bonds. The molecule has 2 aromatic carbocycles. The van der Waals surface area contributed by atoms with E-state index in [1.807, 2.05) is 30.3 Å². The van der Waals surface area contributed by atoms with Gasteiger partial charge in [-0.25, -0.2) is 13.1 Å². The van der Waals surface area contributed by atoms with E-state index in [1.54, 1.807) is 18.2 Å². The summed E-state index contributed by atoms with van der Waals surface area (Å²) in [6.45, 7) is -1.02. The highest BCUT2D eigenvalue weighted by molar-refractivity contribution is 7.88. The molecule has 30 heavy (non-hydrogen) atoms. The summed E-state index contributed by atoms with van der Waals surface area (Å²) in [7, 11) is -3.57. The number of nitrogens with zero attached hydrogens (tertiary/aromatic N) is 1. The maximum absolute atomic E-state index is 14.7. The number of nitrogens with one attached hydrogen (secondary N) is 1. The van der Waals surface area contributed by atoms with Crippen molar-refractivity contribution < 1.29 is 26.7 Å². The van der Waals surface area contributed by atoms with E-state index < -0.39 is 40.5 Å². The van der Waals surface area contributed by atoms with Crippen LogP contribution in [0.25, 0.3) is 11.1 Å². The van der Waals surface area contributed by atoms with Gasteiger partial charge in [0.25, 0.3) is 5.91 Å². The monoisotopic (exact) mass is 436 g/mol. The minimum absolute atomic E-state index is 0.0555. The number of para-hydroxylation sites is 1. The third-order valence-corrected chi connectivity index (χ3v) is 6.22. The van der Waals surface area contributed by atoms with E-state index in [0.29, 0.717) is 16.9 Å². The van der Waals surface area contributed by atoms with Crippen molar-refractivity contribution in [2.24, 2.45) is 0 Å². The number of sulfonamides is 1. The first kappa shape index (κ1) is 20.7. The van der Waals surface area contributed by atoms with E-state index in [9.17, 15) is 22.0 Å². The molecule has 1 N–H and O–H groups in total. The van der Waals surface area contributed by atoms with Crippen molar-refractivity contribution in [2.45, 2.75) is 30.8 Å². The number of alkyl halides is 2. The fourth-order valence-corrected chi connectivity index (χ4v) is 5.02. The number of halogens is 2. The number of rotatable bonds is 3. The zero-order valence-electron chi connectivity index (χ0n) is 16.3. The summed E-state index contributed by atoms with van der Waals surface area (Å²) >= 11 is 0. The molecule has 2 aromatic rings. The van der Waals surface area contributed by atoms with Gasteiger partial charge in [0, 0.05) is 18.2 Å². The third-order valence-electron chi connectivity index (χ3n) is 5.49. The lowest BCUT2D eigenvalue weighted by Crippen LogP contribution is -2.52. The first-order valence-corrected chi connectivity index (χ1v) is 11.5. The topological polar surface area (TPSA) is 75.7 Å². The maximum Gasteiger partial charge on any atom is 0.357 e. The second-order valence-corrected chi connectivity index (χ2v) is 9.49. The van der Waals surface area contributed by atoms with Crippen LogP contribution in [0.4, 0.5) is 8.78 Å². The number of hydrogen-bond donors (Lipinski definition) is 1. The fraction of sp³-hybridized carbons (Fsp3) is 0.381. The Balaban J connectivity index is 1.81. The normalized spacial score (nSPS) is 23.6. The number of hydrogen-bond acceptors (Lipinski definition) is 4. The zero-order valence-corrected chi connectivity index (χ0v) is 17.2. The van der Waals surface area contributed by atoms with Crippen LogP contribution in [0.5, 0.6) is 5.75 Å². The Morgan fingerprint density at radius 1 is 1.13 bits per heavy atom. The van der Waals surface area contributed by atoms with Crippen LogP contribution >= 0.6 is 0 Å². The standard InChI is InChI=1S/C21H22F2N2O4S/c1-30(27,28)24-17-10-11-25-18(17)12-15-8-5-9-16(14-6-3-2-4-7-14)19(15)29-13-21(22,23)20(25)26/h2-9,17-18,24H,10-13H2,1H3. The van der Waals surface area contributed by atoms with E-state index in [1.165, 1.54) is 0 Å². The average molecular weight is 436 g/mol. The lowest BCUT2D eigenvalue weighted by molar-refractivity contribution is -0.162. The Labute approximate surface area is 173 Å². The average Bonchev–Trinajstić information content (AvgIpc) is 3.07. The maximum atomic E-state index is 14.7. The van der Waals surface area contributed by atoms with Gasteiger partial charge >= 0.3 is 5.92 Å². The number of carbonyl (C=O) groups is 1. The summed E-state index contributed by atoms with van der Waals surface area (Å²) < 4.78 is 61.0. The summed E-state index contributed by atoms with van der Waals surface area (Å²) in [5, 5.41) is 0. The number of amides is 1. The predicted octanol–water partition coefficient (Wildman–Crippen LogP) is 2.44. The summed E-state index contributed by atoms with van der Waals surface area (Å²) in [5.74, 6) is -4.76. The molecule has 160 valence electrons. The molecule has 9 heteroatoms. The molecule has 4 rings (SSSR count). The molecule has 0 radical (unpaired) electrons. The van der Waals surface area contributed by atoms with Crippen LogP contribution < -0.4 is 9.46 Å². The van der Waals surface area contributed by atoms with Crippen molar-refractivity contribution in [3.05, 3.63) is 54.1 Å². The third kappa shape index (κ3) is 4.04. The largest absolute Gasteiger partial charge is 0.486 e. The highest BCUT2D eigenvalue weighted by Gasteiger charge is 2.50. The molecule has 0 aromatic heterocycles. The molecule has 0 saturated carbocycles. The molecule has 0 aliphatic carbocycles. The second kappa shape index (κ2) is 7.63. The molecule has 6 nitrogen and oxygen atoms in total. The number of carbonyl (C=O) groups excluding carboxylic acids is 1. The van der Waals surface area contributed by atoms with E-state index in [0.717, 1.165) is 16.7 Å². The van der Waals surface area contributed by atoms with Gasteiger partial charge in [0.2, 0.25) is 10.0 Å². The van der Waals surface area contributed by atoms with Crippen LogP contribution in [0.15, 0.2) is 48.5 Å². The molecule has 2 heterocycles. The summed E-state index contributed by atoms with van der Waals surface area (Å²) in [5.41, 5.74) is 2.10. The van der Waals surface area contributed by atoms with Crippen LogP contribution in [-0.2, 0) is 21.2 Å². The zero-order chi connectivity index (χ0) is 21.5. The Kier molecular flexibility index (Phi) is 5.27. The van der Waals surface area contributed by atoms with Gasteiger partial charge in [-0.3, -0.25) is 4.79 Å². The van der Waals surface area contributed by atoms with Gasteiger partial charge in [-0.2, -0.15) is 8.78 Å². The minimum Gasteiger partial charge on any atom is -0.486 e. The highest BCUT2D eigenvalue weighted by Crippen LogP contribution is 2.38. The molecule has 1 saturated heterocycles. The number of benzene rings is 2. The quantitative estimate of drug-likeness (QED) is 0.802. The van der Waals surface area contributed by atoms with Crippen molar-refractivity contribution in [3.63, 3.8) is 0 Å². The predicted molar refractivity (Wildman–Crippen MR) is 108 cm³/mol. The smallest absolute Gasteiger partial charge is 0.357 e. The van der Waals surface area contributed by atoms with E-state index in [2.05, 4.69) is 4.72 Å². The van der Waals surface area contributed by atoms with Gasteiger partial charge in [-0.05, 0) is 24.0 Å². The lowest BCUT2D eigenvalue weighted by atomic mass is 9.95. The van der Waals surface area contributed by atoms with Crippen molar-refractivity contribution >= 4 is 15.9 Å². The first-order valence-electron chi connectivity index (χ1n) is 9.62. The highest BCUT2D eigenvalue weighted by atomic mass is 32.2. The van der Waals surface area contributed by atoms with Gasteiger partial charge in [0.05, 0.1) is 12.3 Å². The SMILES string of the molecule is CS(=O)(=O)NC1CCN2C(=O)C(F)(F)COc3c(cccc3-c3ccccc3)CC12. The van der Waals surface area contributed by atoms with E-state index in [-0.39, 0.29) is 19.4 Å². The van der Waals surface area contributed by atoms with Gasteiger partial charge in [0.1, 0.15) is 5.75 Å². The number of ether oxygens (including phenoxy) is 1. The fourth-order valence-electron chi connectivity index (χ4n) is 4.19. The van der Waals surface area contributed by atoms with Crippen molar-refractivity contribution in [1.29, 1.82) is 0 Å². The molecule has 2 unspecified atom stereocenters. The Hall–Kier alpha value is -2.52. The van der Waals surface area contributed by atoms with E-state index in [4.69, 9.17) is 4.74 Å². The molecular weight excluding hydrogens is 414 g/mol. The summed E-state index contributed by atoms with van der Waals surface area (Å²) in [6, 6.07) is 13.2. The molecule has 1 fully saturated rings. The van der Waals surface area contributed by atoms with Crippen molar-refractivity contribution in [3.8, 4) is 16.9 Å². The second-order valence-electron chi connectivity index (χ2n) is 7.71. The Bertz CT molecular complexity index is 1060. The Morgan fingerprint density at radius 2 is 1.87 bits per heavy atom. The minimum atomic E-state index is -3.72. The summed E-state index contributed by atoms with van der Waals surface area (Å²) in [4.78, 5) is 13.7.